The van der Waals surface area contributed by atoms with Crippen LogP contribution < -0.4 is 5.73 Å². The van der Waals surface area contributed by atoms with Crippen molar-refractivity contribution in [1.29, 1.82) is 0 Å². The summed E-state index contributed by atoms with van der Waals surface area (Å²) in [4.78, 5) is 15.1. The van der Waals surface area contributed by atoms with Gasteiger partial charge in [-0.3, -0.25) is 0 Å². The van der Waals surface area contributed by atoms with Crippen LogP contribution in [0.2, 0.25) is 0 Å². The number of nitrogen functional groups attached to an aromatic ring is 1. The molecule has 0 atom stereocenters. The molecule has 90 valence electrons. The fourth-order valence-electron chi connectivity index (χ4n) is 1.23. The van der Waals surface area contributed by atoms with E-state index in [9.17, 15) is 4.79 Å². The summed E-state index contributed by atoms with van der Waals surface area (Å²) in [6.07, 6.45) is 1.46. The molecule has 8 heteroatoms. The van der Waals surface area contributed by atoms with Gasteiger partial charge in [-0.25, -0.2) is 14.5 Å². The second kappa shape index (κ2) is 4.64. The molecule has 2 aromatic heterocycles. The Morgan fingerprint density at radius 2 is 2.47 bits per heavy atom. The van der Waals surface area contributed by atoms with Crippen molar-refractivity contribution in [2.75, 3.05) is 12.3 Å². The third kappa shape index (κ3) is 2.60. The lowest BCUT2D eigenvalue weighted by Gasteiger charge is -1.94. The van der Waals surface area contributed by atoms with Crippen LogP contribution >= 0.6 is 0 Å². The van der Waals surface area contributed by atoms with Crippen molar-refractivity contribution in [2.45, 2.75) is 13.5 Å². The van der Waals surface area contributed by atoms with E-state index in [-0.39, 0.29) is 11.6 Å². The maximum atomic E-state index is 11.3. The molecule has 2 rings (SSSR count). The summed E-state index contributed by atoms with van der Waals surface area (Å²) in [5, 5.41) is 7.47. The molecule has 17 heavy (non-hydrogen) atoms. The Hall–Kier alpha value is -2.38. The molecule has 0 aliphatic carbocycles. The first-order valence-corrected chi connectivity index (χ1v) is 4.96. The van der Waals surface area contributed by atoms with Crippen LogP contribution in [0.3, 0.4) is 0 Å². The molecule has 0 aliphatic rings. The van der Waals surface area contributed by atoms with E-state index >= 15 is 0 Å². The van der Waals surface area contributed by atoms with Gasteiger partial charge in [-0.1, -0.05) is 5.16 Å². The van der Waals surface area contributed by atoms with Crippen LogP contribution in [-0.4, -0.2) is 32.5 Å². The summed E-state index contributed by atoms with van der Waals surface area (Å²) in [5.41, 5.74) is 5.50. The predicted molar refractivity (Wildman–Crippen MR) is 56.0 cm³/mol. The third-order valence-electron chi connectivity index (χ3n) is 1.92. The number of nitrogens with zero attached hydrogens (tertiary/aromatic N) is 4. The van der Waals surface area contributed by atoms with Crippen molar-refractivity contribution in [1.82, 2.24) is 19.9 Å². The minimum Gasteiger partial charge on any atom is -0.461 e. The number of carbonyl (C=O) groups excluding carboxylic acids is 1. The van der Waals surface area contributed by atoms with Crippen molar-refractivity contribution in [3.63, 3.8) is 0 Å². The standard InChI is InChI=1S/C9H11N5O3/c1-2-16-8(15)7-3-6(17-13-7)4-14-5-11-9(10)12-14/h3,5H,2,4H2,1H3,(H2,10,12). The molecule has 0 saturated heterocycles. The van der Waals surface area contributed by atoms with E-state index in [1.807, 2.05) is 0 Å². The molecular formula is C9H11N5O3. The van der Waals surface area contributed by atoms with Crippen LogP contribution in [0.5, 0.6) is 0 Å². The second-order valence-electron chi connectivity index (χ2n) is 3.20. The van der Waals surface area contributed by atoms with E-state index in [0.717, 1.165) is 0 Å². The first-order valence-electron chi connectivity index (χ1n) is 4.96. The molecule has 0 spiro atoms. The fraction of sp³-hybridized carbons (Fsp3) is 0.333. The van der Waals surface area contributed by atoms with Crippen molar-refractivity contribution in [3.8, 4) is 0 Å². The third-order valence-corrected chi connectivity index (χ3v) is 1.92. The summed E-state index contributed by atoms with van der Waals surface area (Å²) in [7, 11) is 0. The monoisotopic (exact) mass is 237 g/mol. The predicted octanol–water partition coefficient (Wildman–Crippen LogP) is 0.0733. The Bertz CT molecular complexity index is 518. The van der Waals surface area contributed by atoms with Gasteiger partial charge in [0.2, 0.25) is 5.95 Å². The van der Waals surface area contributed by atoms with Crippen LogP contribution in [0.4, 0.5) is 5.95 Å². The van der Waals surface area contributed by atoms with Gasteiger partial charge in [0.15, 0.2) is 11.5 Å². The highest BCUT2D eigenvalue weighted by Gasteiger charge is 2.13. The van der Waals surface area contributed by atoms with Crippen molar-refractivity contribution in [3.05, 3.63) is 23.8 Å². The number of nitrogens with two attached hydrogens (primary N) is 1. The summed E-state index contributed by atoms with van der Waals surface area (Å²) < 4.78 is 11.2. The molecule has 0 saturated carbocycles. The van der Waals surface area contributed by atoms with Crippen LogP contribution in [0.15, 0.2) is 16.9 Å². The molecule has 0 fully saturated rings. The number of rotatable bonds is 4. The van der Waals surface area contributed by atoms with Crippen LogP contribution in [0.1, 0.15) is 23.2 Å². The zero-order valence-electron chi connectivity index (χ0n) is 9.16. The van der Waals surface area contributed by atoms with Gasteiger partial charge >= 0.3 is 5.97 Å². The summed E-state index contributed by atoms with van der Waals surface area (Å²) in [6, 6.07) is 1.50. The highest BCUT2D eigenvalue weighted by Crippen LogP contribution is 2.07. The summed E-state index contributed by atoms with van der Waals surface area (Å²) in [6.45, 7) is 2.31. The number of anilines is 1. The Morgan fingerprint density at radius 3 is 3.12 bits per heavy atom. The van der Waals surface area contributed by atoms with Gasteiger partial charge in [0.05, 0.1) is 6.61 Å². The van der Waals surface area contributed by atoms with Crippen molar-refractivity contribution >= 4 is 11.9 Å². The van der Waals surface area contributed by atoms with Gasteiger partial charge in [-0.05, 0) is 6.92 Å². The average Bonchev–Trinajstić information content (AvgIpc) is 2.89. The van der Waals surface area contributed by atoms with Crippen molar-refractivity contribution in [2.24, 2.45) is 0 Å². The fourth-order valence-corrected chi connectivity index (χ4v) is 1.23. The van der Waals surface area contributed by atoms with E-state index in [1.54, 1.807) is 6.92 Å². The Kier molecular flexibility index (Phi) is 3.03. The lowest BCUT2D eigenvalue weighted by Crippen LogP contribution is -2.04. The second-order valence-corrected chi connectivity index (χ2v) is 3.20. The number of hydrogen-bond donors (Lipinski definition) is 1. The number of carbonyl (C=O) groups is 1. The molecule has 0 bridgehead atoms. The Labute approximate surface area is 96.4 Å². The van der Waals surface area contributed by atoms with Gasteiger partial charge < -0.3 is 15.0 Å². The molecule has 2 aromatic rings. The quantitative estimate of drug-likeness (QED) is 0.749. The van der Waals surface area contributed by atoms with E-state index in [4.69, 9.17) is 15.0 Å². The Balaban J connectivity index is 2.06. The lowest BCUT2D eigenvalue weighted by atomic mass is 10.3. The SMILES string of the molecule is CCOC(=O)c1cc(Cn2cnc(N)n2)on1. The van der Waals surface area contributed by atoms with Gasteiger partial charge in [-0.15, -0.1) is 5.10 Å². The Morgan fingerprint density at radius 1 is 1.65 bits per heavy atom. The normalized spacial score (nSPS) is 10.4. The first kappa shape index (κ1) is 11.1. The zero-order chi connectivity index (χ0) is 12.3. The highest BCUT2D eigenvalue weighted by atomic mass is 16.5. The number of aromatic nitrogens is 4. The molecule has 2 heterocycles. The largest absolute Gasteiger partial charge is 0.461 e. The molecular weight excluding hydrogens is 226 g/mol. The van der Waals surface area contributed by atoms with E-state index < -0.39 is 5.97 Å². The van der Waals surface area contributed by atoms with Crippen LogP contribution in [0, 0.1) is 0 Å². The topological polar surface area (TPSA) is 109 Å². The first-order chi connectivity index (χ1) is 8.19. The van der Waals surface area contributed by atoms with Crippen molar-refractivity contribution < 1.29 is 14.1 Å². The zero-order valence-corrected chi connectivity index (χ0v) is 9.16. The molecule has 0 radical (unpaired) electrons. The number of hydrogen-bond acceptors (Lipinski definition) is 7. The molecule has 8 nitrogen and oxygen atoms in total. The number of esters is 1. The maximum absolute atomic E-state index is 11.3. The van der Waals surface area contributed by atoms with Gasteiger partial charge in [0, 0.05) is 6.07 Å². The maximum Gasteiger partial charge on any atom is 0.360 e. The van der Waals surface area contributed by atoms with E-state index in [1.165, 1.54) is 17.1 Å². The average molecular weight is 237 g/mol. The van der Waals surface area contributed by atoms with Crippen LogP contribution in [0.25, 0.3) is 0 Å². The molecule has 0 unspecified atom stereocenters. The summed E-state index contributed by atoms with van der Waals surface area (Å²) in [5.74, 6) is 0.133. The summed E-state index contributed by atoms with van der Waals surface area (Å²) >= 11 is 0. The smallest absolute Gasteiger partial charge is 0.360 e. The molecule has 0 amide bonds. The molecule has 0 aromatic carbocycles. The van der Waals surface area contributed by atoms with Gasteiger partial charge in [0.1, 0.15) is 12.9 Å². The minimum atomic E-state index is -0.513. The molecule has 2 N–H and O–H groups in total. The van der Waals surface area contributed by atoms with Gasteiger partial charge in [0.25, 0.3) is 0 Å². The van der Waals surface area contributed by atoms with E-state index in [0.29, 0.717) is 18.9 Å². The highest BCUT2D eigenvalue weighted by molar-refractivity contribution is 5.87. The lowest BCUT2D eigenvalue weighted by molar-refractivity contribution is 0.0514. The minimum absolute atomic E-state index is 0.134. The molecule has 0 aliphatic heterocycles. The van der Waals surface area contributed by atoms with Gasteiger partial charge in [-0.2, -0.15) is 0 Å². The van der Waals surface area contributed by atoms with E-state index in [2.05, 4.69) is 15.2 Å². The number of ether oxygens (including phenoxy) is 1. The van der Waals surface area contributed by atoms with Crippen LogP contribution in [-0.2, 0) is 11.3 Å².